The molecule has 0 radical (unpaired) electrons. The van der Waals surface area contributed by atoms with E-state index in [1.54, 1.807) is 6.20 Å². The lowest BCUT2D eigenvalue weighted by Gasteiger charge is -2.53. The van der Waals surface area contributed by atoms with E-state index in [4.69, 9.17) is 15.2 Å². The predicted molar refractivity (Wildman–Crippen MR) is 113 cm³/mol. The molecule has 4 fully saturated rings. The second kappa shape index (κ2) is 7.12. The average Bonchev–Trinajstić information content (AvgIpc) is 3.01. The summed E-state index contributed by atoms with van der Waals surface area (Å²) in [6, 6.07) is 7.57. The maximum absolute atomic E-state index is 12.8. The topological polar surface area (TPSA) is 83.5 Å². The highest BCUT2D eigenvalue weighted by Crippen LogP contribution is 2.54. The molecule has 6 rings (SSSR count). The van der Waals surface area contributed by atoms with E-state index in [0.717, 1.165) is 48.5 Å². The zero-order chi connectivity index (χ0) is 21.0. The first-order chi connectivity index (χ1) is 14.3. The van der Waals surface area contributed by atoms with Gasteiger partial charge in [-0.1, -0.05) is 18.2 Å². The minimum Gasteiger partial charge on any atom is -0.430 e. The summed E-state index contributed by atoms with van der Waals surface area (Å²) in [6.45, 7) is 3.89. The highest BCUT2D eigenvalue weighted by atomic mass is 16.7. The molecule has 2 N–H and O–H groups in total. The predicted octanol–water partition coefficient (Wildman–Crippen LogP) is 4.87. The van der Waals surface area contributed by atoms with Crippen LogP contribution in [0, 0.1) is 23.7 Å². The first-order valence-electron chi connectivity index (χ1n) is 11.1. The van der Waals surface area contributed by atoms with Gasteiger partial charge in [-0.2, -0.15) is 0 Å². The number of para-hydroxylation sites is 1. The summed E-state index contributed by atoms with van der Waals surface area (Å²) in [6.07, 6.45) is 6.50. The van der Waals surface area contributed by atoms with Crippen LogP contribution in [0.3, 0.4) is 0 Å². The lowest BCUT2D eigenvalue weighted by Crippen LogP contribution is -2.50. The number of hydrogen-bond acceptors (Lipinski definition) is 5. The van der Waals surface area contributed by atoms with Crippen molar-refractivity contribution in [3.05, 3.63) is 36.0 Å². The van der Waals surface area contributed by atoms with Crippen molar-refractivity contribution in [1.82, 2.24) is 4.57 Å². The molecule has 4 aliphatic carbocycles. The molecule has 0 saturated heterocycles. The van der Waals surface area contributed by atoms with Crippen molar-refractivity contribution in [2.24, 2.45) is 29.4 Å². The minimum atomic E-state index is -0.879. The Balaban J connectivity index is 1.31. The van der Waals surface area contributed by atoms with Gasteiger partial charge in [0.05, 0.1) is 5.52 Å². The average molecular weight is 411 g/mol. The Labute approximate surface area is 176 Å². The molecular formula is C24H30N2O4. The molecule has 6 heteroatoms. The Morgan fingerprint density at radius 1 is 1.07 bits per heavy atom. The highest BCUT2D eigenvalue weighted by Gasteiger charge is 2.50. The van der Waals surface area contributed by atoms with Crippen molar-refractivity contribution in [2.45, 2.75) is 64.0 Å². The number of benzene rings is 1. The van der Waals surface area contributed by atoms with E-state index < -0.39 is 17.8 Å². The quantitative estimate of drug-likeness (QED) is 0.577. The Morgan fingerprint density at radius 2 is 1.70 bits per heavy atom. The Hall–Kier alpha value is -2.34. The first kappa shape index (κ1) is 19.6. The summed E-state index contributed by atoms with van der Waals surface area (Å²) >= 11 is 0. The number of hydrogen-bond donors (Lipinski definition) is 1. The molecule has 4 saturated carbocycles. The fourth-order valence-corrected chi connectivity index (χ4v) is 6.36. The molecule has 1 aromatic carbocycles. The molecule has 0 atom stereocenters. The molecule has 4 bridgehead atoms. The number of nitrogens with two attached hydrogens (primary N) is 1. The molecule has 160 valence electrons. The van der Waals surface area contributed by atoms with Gasteiger partial charge >= 0.3 is 12.2 Å². The molecule has 0 aliphatic heterocycles. The van der Waals surface area contributed by atoms with Gasteiger partial charge in [0.25, 0.3) is 0 Å². The van der Waals surface area contributed by atoms with E-state index in [1.165, 1.54) is 11.0 Å². The van der Waals surface area contributed by atoms with Crippen LogP contribution in [-0.4, -0.2) is 28.5 Å². The summed E-state index contributed by atoms with van der Waals surface area (Å²) in [7, 11) is 0. The summed E-state index contributed by atoms with van der Waals surface area (Å²) in [4.78, 5) is 25.3. The third kappa shape index (κ3) is 3.62. The van der Waals surface area contributed by atoms with Crippen molar-refractivity contribution in [2.75, 3.05) is 0 Å². The van der Waals surface area contributed by atoms with Crippen LogP contribution in [0.1, 0.15) is 51.5 Å². The Bertz CT molecular complexity index is 959. The fraction of sp³-hybridized carbons (Fsp3) is 0.583. The van der Waals surface area contributed by atoms with Crippen molar-refractivity contribution in [3.8, 4) is 0 Å². The van der Waals surface area contributed by atoms with Crippen molar-refractivity contribution in [1.29, 1.82) is 0 Å². The van der Waals surface area contributed by atoms with Gasteiger partial charge in [-0.25, -0.2) is 9.59 Å². The number of carbonyl (C=O) groups is 2. The van der Waals surface area contributed by atoms with Gasteiger partial charge in [0, 0.05) is 17.1 Å². The molecule has 0 unspecified atom stereocenters. The van der Waals surface area contributed by atoms with Gasteiger partial charge in [-0.15, -0.1) is 0 Å². The zero-order valence-electron chi connectivity index (χ0n) is 17.7. The van der Waals surface area contributed by atoms with E-state index in [0.29, 0.717) is 23.8 Å². The second-order valence-electron chi connectivity index (χ2n) is 10.3. The molecule has 2 aromatic rings. The molecule has 1 aromatic heterocycles. The highest BCUT2D eigenvalue weighted by molar-refractivity contribution is 5.94. The van der Waals surface area contributed by atoms with E-state index >= 15 is 0 Å². The number of carbonyl (C=O) groups excluding carboxylic acids is 2. The molecule has 1 heterocycles. The van der Waals surface area contributed by atoms with E-state index in [9.17, 15) is 9.59 Å². The van der Waals surface area contributed by atoms with E-state index in [2.05, 4.69) is 0 Å². The van der Waals surface area contributed by atoms with Crippen LogP contribution < -0.4 is 5.73 Å². The second-order valence-corrected chi connectivity index (χ2v) is 10.3. The third-order valence-corrected chi connectivity index (χ3v) is 7.18. The Kier molecular flexibility index (Phi) is 4.65. The van der Waals surface area contributed by atoms with E-state index in [-0.39, 0.29) is 6.10 Å². The van der Waals surface area contributed by atoms with Gasteiger partial charge in [0.15, 0.2) is 0 Å². The summed E-state index contributed by atoms with van der Waals surface area (Å²) in [5, 5.41) is 0.933. The van der Waals surface area contributed by atoms with Gasteiger partial charge in [0.1, 0.15) is 6.10 Å². The standard InChI is InChI=1S/C24H30N2O4/c1-24(2,25)12-18-13-26(20-6-4-3-5-19(18)20)22(27)30-23(28)29-21-16-8-14-7-15(10-16)11-17(21)9-14/h3-6,13-17,21H,7-12,25H2,1-2H3. The molecule has 4 aliphatic rings. The van der Waals surface area contributed by atoms with Gasteiger partial charge in [-0.3, -0.25) is 4.57 Å². The number of fused-ring (bicyclic) bond motifs is 1. The van der Waals surface area contributed by atoms with Crippen molar-refractivity contribution < 1.29 is 19.1 Å². The van der Waals surface area contributed by atoms with Gasteiger partial charge < -0.3 is 15.2 Å². The van der Waals surface area contributed by atoms with Crippen LogP contribution in [0.5, 0.6) is 0 Å². The molecule has 0 amide bonds. The monoisotopic (exact) mass is 410 g/mol. The number of rotatable bonds is 3. The summed E-state index contributed by atoms with van der Waals surface area (Å²) in [5.41, 5.74) is 7.41. The lowest BCUT2D eigenvalue weighted by atomic mass is 9.55. The van der Waals surface area contributed by atoms with Crippen molar-refractivity contribution in [3.63, 3.8) is 0 Å². The summed E-state index contributed by atoms with van der Waals surface area (Å²) in [5.74, 6) is 2.44. The number of ether oxygens (including phenoxy) is 2. The first-order valence-corrected chi connectivity index (χ1v) is 11.1. The van der Waals surface area contributed by atoms with E-state index in [1.807, 2.05) is 38.1 Å². The summed E-state index contributed by atoms with van der Waals surface area (Å²) < 4.78 is 12.2. The largest absolute Gasteiger partial charge is 0.517 e. The molecule has 0 spiro atoms. The smallest absolute Gasteiger partial charge is 0.430 e. The third-order valence-electron chi connectivity index (χ3n) is 7.18. The van der Waals surface area contributed by atoms with Crippen LogP contribution >= 0.6 is 0 Å². The van der Waals surface area contributed by atoms with Crippen LogP contribution in [0.2, 0.25) is 0 Å². The maximum Gasteiger partial charge on any atom is 0.517 e. The maximum atomic E-state index is 12.8. The normalized spacial score (nSPS) is 29.9. The van der Waals surface area contributed by atoms with Crippen LogP contribution in [0.25, 0.3) is 10.9 Å². The van der Waals surface area contributed by atoms with Crippen LogP contribution in [0.4, 0.5) is 9.59 Å². The Morgan fingerprint density at radius 3 is 2.33 bits per heavy atom. The zero-order valence-corrected chi connectivity index (χ0v) is 17.7. The van der Waals surface area contributed by atoms with Crippen LogP contribution in [0.15, 0.2) is 30.5 Å². The minimum absolute atomic E-state index is 0.104. The van der Waals surface area contributed by atoms with Crippen molar-refractivity contribution >= 4 is 23.2 Å². The molecular weight excluding hydrogens is 380 g/mol. The number of aromatic nitrogens is 1. The van der Waals surface area contributed by atoms with Crippen LogP contribution in [-0.2, 0) is 15.9 Å². The number of nitrogens with zero attached hydrogens (tertiary/aromatic N) is 1. The van der Waals surface area contributed by atoms with Gasteiger partial charge in [-0.05, 0) is 87.7 Å². The fourth-order valence-electron chi connectivity index (χ4n) is 6.36. The lowest BCUT2D eigenvalue weighted by molar-refractivity contribution is -0.106. The molecule has 30 heavy (non-hydrogen) atoms. The SMILES string of the molecule is CC(C)(N)Cc1cn(C(=O)OC(=O)OC2C3CC4CC(C3)CC2C4)c2ccccc12. The van der Waals surface area contributed by atoms with Gasteiger partial charge in [0.2, 0.25) is 0 Å². The molecule has 6 nitrogen and oxygen atoms in total.